The van der Waals surface area contributed by atoms with Gasteiger partial charge in [0.1, 0.15) is 17.6 Å². The van der Waals surface area contributed by atoms with Crippen LogP contribution < -0.4 is 14.2 Å². The molecule has 1 heterocycles. The largest absolute Gasteiger partial charge is 0.497 e. The standard InChI is InChI=1S/C21H26Cl2N2O5S/c1-29-16-2-5-19(6-3-16)31(27,28)24-13-15(26)14-25-10-8-17(9-11-25)30-18-4-7-20(22)21(23)12-18/h2-7,12,15,17,24,26H,8-11,13-14H2,1H3/t15-/m1/s1. The minimum atomic E-state index is -3.70. The number of nitrogens with zero attached hydrogens (tertiary/aromatic N) is 1. The fraction of sp³-hybridized carbons (Fsp3) is 0.429. The van der Waals surface area contributed by atoms with E-state index in [9.17, 15) is 13.5 Å². The topological polar surface area (TPSA) is 88.1 Å². The summed E-state index contributed by atoms with van der Waals surface area (Å²) in [6, 6.07) is 11.3. The van der Waals surface area contributed by atoms with Gasteiger partial charge in [-0.05, 0) is 49.2 Å². The van der Waals surface area contributed by atoms with Crippen LogP contribution in [0.15, 0.2) is 47.4 Å². The predicted molar refractivity (Wildman–Crippen MR) is 121 cm³/mol. The van der Waals surface area contributed by atoms with Crippen molar-refractivity contribution in [3.63, 3.8) is 0 Å². The maximum atomic E-state index is 12.4. The fourth-order valence-corrected chi connectivity index (χ4v) is 4.72. The lowest BCUT2D eigenvalue weighted by atomic mass is 10.1. The average Bonchev–Trinajstić information content (AvgIpc) is 2.76. The molecule has 2 aromatic carbocycles. The summed E-state index contributed by atoms with van der Waals surface area (Å²) in [5, 5.41) is 11.2. The molecule has 7 nitrogen and oxygen atoms in total. The van der Waals surface area contributed by atoms with Gasteiger partial charge in [-0.15, -0.1) is 0 Å². The maximum Gasteiger partial charge on any atom is 0.240 e. The van der Waals surface area contributed by atoms with Crippen molar-refractivity contribution < 1.29 is 23.0 Å². The molecule has 0 bridgehead atoms. The minimum Gasteiger partial charge on any atom is -0.497 e. The van der Waals surface area contributed by atoms with Crippen molar-refractivity contribution in [2.45, 2.75) is 29.9 Å². The molecular formula is C21H26Cl2N2O5S. The highest BCUT2D eigenvalue weighted by Crippen LogP contribution is 2.28. The molecule has 1 aliphatic heterocycles. The van der Waals surface area contributed by atoms with Crippen LogP contribution in [0.5, 0.6) is 11.5 Å². The molecule has 0 saturated carbocycles. The number of rotatable bonds is 9. The number of sulfonamides is 1. The van der Waals surface area contributed by atoms with E-state index in [-0.39, 0.29) is 17.5 Å². The monoisotopic (exact) mass is 488 g/mol. The molecule has 2 aromatic rings. The number of benzene rings is 2. The minimum absolute atomic E-state index is 0.0548. The number of methoxy groups -OCH3 is 1. The van der Waals surface area contributed by atoms with Crippen LogP contribution in [0.2, 0.25) is 10.0 Å². The SMILES string of the molecule is COc1ccc(S(=O)(=O)NC[C@@H](O)CN2CCC(Oc3ccc(Cl)c(Cl)c3)CC2)cc1. The molecule has 0 radical (unpaired) electrons. The Hall–Kier alpha value is -1.55. The Morgan fingerprint density at radius 3 is 2.35 bits per heavy atom. The molecule has 3 rings (SSSR count). The van der Waals surface area contributed by atoms with Crippen LogP contribution in [0.4, 0.5) is 0 Å². The lowest BCUT2D eigenvalue weighted by molar-refractivity contribution is 0.0630. The van der Waals surface area contributed by atoms with Crippen LogP contribution in [-0.4, -0.2) is 63.9 Å². The van der Waals surface area contributed by atoms with E-state index in [2.05, 4.69) is 9.62 Å². The zero-order chi connectivity index (χ0) is 22.4. The van der Waals surface area contributed by atoms with Gasteiger partial charge in [-0.3, -0.25) is 0 Å². The molecule has 1 saturated heterocycles. The molecule has 1 aliphatic rings. The van der Waals surface area contributed by atoms with Gasteiger partial charge in [-0.2, -0.15) is 0 Å². The number of β-amino-alcohol motifs (C(OH)–C–C–N with tert-alkyl or cyclic N) is 1. The molecule has 2 N–H and O–H groups in total. The van der Waals surface area contributed by atoms with Crippen molar-refractivity contribution in [3.05, 3.63) is 52.5 Å². The molecular weight excluding hydrogens is 463 g/mol. The van der Waals surface area contributed by atoms with Crippen molar-refractivity contribution in [1.29, 1.82) is 0 Å². The zero-order valence-electron chi connectivity index (χ0n) is 17.1. The van der Waals surface area contributed by atoms with Crippen LogP contribution in [0, 0.1) is 0 Å². The van der Waals surface area contributed by atoms with Crippen LogP contribution in [0.1, 0.15) is 12.8 Å². The van der Waals surface area contributed by atoms with Crippen LogP contribution in [0.3, 0.4) is 0 Å². The second-order valence-electron chi connectivity index (χ2n) is 7.37. The molecule has 0 unspecified atom stereocenters. The Balaban J connectivity index is 1.42. The van der Waals surface area contributed by atoms with Gasteiger partial charge in [0.05, 0.1) is 28.2 Å². The summed E-state index contributed by atoms with van der Waals surface area (Å²) in [4.78, 5) is 2.22. The molecule has 0 spiro atoms. The average molecular weight is 489 g/mol. The summed E-state index contributed by atoms with van der Waals surface area (Å²) in [5.41, 5.74) is 0. The van der Waals surface area contributed by atoms with E-state index in [1.807, 2.05) is 0 Å². The number of halogens is 2. The number of piperidine rings is 1. The van der Waals surface area contributed by atoms with Gasteiger partial charge in [0.15, 0.2) is 0 Å². The third-order valence-corrected chi connectivity index (χ3v) is 7.25. The smallest absolute Gasteiger partial charge is 0.240 e. The first-order valence-electron chi connectivity index (χ1n) is 9.92. The van der Waals surface area contributed by atoms with Crippen molar-refractivity contribution in [2.24, 2.45) is 0 Å². The van der Waals surface area contributed by atoms with Crippen molar-refractivity contribution in [1.82, 2.24) is 9.62 Å². The summed E-state index contributed by atoms with van der Waals surface area (Å²) in [6.07, 6.45) is 0.828. The maximum absolute atomic E-state index is 12.4. The molecule has 10 heteroatoms. The van der Waals surface area contributed by atoms with Crippen LogP contribution in [-0.2, 0) is 10.0 Å². The van der Waals surface area contributed by atoms with E-state index >= 15 is 0 Å². The van der Waals surface area contributed by atoms with E-state index in [0.29, 0.717) is 28.1 Å². The van der Waals surface area contributed by atoms with Gasteiger partial charge in [0, 0.05) is 32.2 Å². The number of hydrogen-bond acceptors (Lipinski definition) is 6. The lowest BCUT2D eigenvalue weighted by Crippen LogP contribution is -2.45. The van der Waals surface area contributed by atoms with E-state index in [0.717, 1.165) is 25.9 Å². The van der Waals surface area contributed by atoms with E-state index < -0.39 is 16.1 Å². The van der Waals surface area contributed by atoms with Gasteiger partial charge in [0.25, 0.3) is 0 Å². The predicted octanol–water partition coefficient (Wildman–Crippen LogP) is 3.18. The number of ether oxygens (including phenoxy) is 2. The van der Waals surface area contributed by atoms with E-state index in [1.54, 1.807) is 30.3 Å². The lowest BCUT2D eigenvalue weighted by Gasteiger charge is -2.33. The first-order valence-corrected chi connectivity index (χ1v) is 12.2. The third kappa shape index (κ3) is 6.97. The molecule has 31 heavy (non-hydrogen) atoms. The summed E-state index contributed by atoms with van der Waals surface area (Å²) >= 11 is 12.0. The second-order valence-corrected chi connectivity index (χ2v) is 9.96. The number of likely N-dealkylation sites (tertiary alicyclic amines) is 1. The second kappa shape index (κ2) is 10.8. The highest BCUT2D eigenvalue weighted by atomic mass is 35.5. The highest BCUT2D eigenvalue weighted by molar-refractivity contribution is 7.89. The summed E-state index contributed by atoms with van der Waals surface area (Å²) in [5.74, 6) is 1.26. The normalized spacial score (nSPS) is 16.8. The van der Waals surface area contributed by atoms with Crippen molar-refractivity contribution >= 4 is 33.2 Å². The molecule has 1 fully saturated rings. The summed E-state index contributed by atoms with van der Waals surface area (Å²) in [6.45, 7) is 1.81. The Bertz CT molecular complexity index is 964. The Labute approximate surface area is 192 Å². The highest BCUT2D eigenvalue weighted by Gasteiger charge is 2.23. The number of nitrogens with one attached hydrogen (secondary N) is 1. The fourth-order valence-electron chi connectivity index (χ4n) is 3.36. The third-order valence-electron chi connectivity index (χ3n) is 5.08. The first kappa shape index (κ1) is 24.1. The molecule has 0 amide bonds. The number of aliphatic hydroxyl groups excluding tert-OH is 1. The van der Waals surface area contributed by atoms with Gasteiger partial charge in [-0.25, -0.2) is 13.1 Å². The van der Waals surface area contributed by atoms with Crippen molar-refractivity contribution in [2.75, 3.05) is 33.3 Å². The Kier molecular flexibility index (Phi) is 8.43. The van der Waals surface area contributed by atoms with E-state index in [4.69, 9.17) is 32.7 Å². The molecule has 0 aliphatic carbocycles. The molecule has 0 aromatic heterocycles. The number of hydrogen-bond donors (Lipinski definition) is 2. The van der Waals surface area contributed by atoms with Crippen LogP contribution >= 0.6 is 23.2 Å². The van der Waals surface area contributed by atoms with Gasteiger partial charge in [-0.1, -0.05) is 23.2 Å². The van der Waals surface area contributed by atoms with Crippen LogP contribution in [0.25, 0.3) is 0 Å². The molecule has 1 atom stereocenters. The molecule has 170 valence electrons. The van der Waals surface area contributed by atoms with Crippen molar-refractivity contribution in [3.8, 4) is 11.5 Å². The van der Waals surface area contributed by atoms with Gasteiger partial charge < -0.3 is 19.5 Å². The first-order chi connectivity index (χ1) is 14.8. The van der Waals surface area contributed by atoms with Gasteiger partial charge >= 0.3 is 0 Å². The quantitative estimate of drug-likeness (QED) is 0.563. The number of aliphatic hydroxyl groups is 1. The van der Waals surface area contributed by atoms with Gasteiger partial charge in [0.2, 0.25) is 10.0 Å². The Morgan fingerprint density at radius 2 is 1.74 bits per heavy atom. The zero-order valence-corrected chi connectivity index (χ0v) is 19.5. The Morgan fingerprint density at radius 1 is 1.10 bits per heavy atom. The van der Waals surface area contributed by atoms with E-state index in [1.165, 1.54) is 19.2 Å². The summed E-state index contributed by atoms with van der Waals surface area (Å²) in [7, 11) is -2.18. The summed E-state index contributed by atoms with van der Waals surface area (Å²) < 4.78 is 38.2.